The van der Waals surface area contributed by atoms with Crippen molar-refractivity contribution in [1.29, 1.82) is 0 Å². The number of carbonyl (C=O) groups excluding carboxylic acids is 2. The van der Waals surface area contributed by atoms with Crippen molar-refractivity contribution >= 4 is 28.2 Å². The highest BCUT2D eigenvalue weighted by Crippen LogP contribution is 2.45. The predicted octanol–water partition coefficient (Wildman–Crippen LogP) is 0.851. The first-order chi connectivity index (χ1) is 14.5. The van der Waals surface area contributed by atoms with Crippen LogP contribution in [0.3, 0.4) is 0 Å². The van der Waals surface area contributed by atoms with Crippen LogP contribution in [0.15, 0.2) is 10.9 Å². The van der Waals surface area contributed by atoms with E-state index in [-0.39, 0.29) is 29.8 Å². The number of piperidine rings is 1. The lowest BCUT2D eigenvalue weighted by Gasteiger charge is -2.50. The Balaban J connectivity index is 1.36. The second-order valence-corrected chi connectivity index (χ2v) is 9.08. The van der Waals surface area contributed by atoms with Gasteiger partial charge in [0.25, 0.3) is 5.56 Å². The molecule has 1 saturated heterocycles. The van der Waals surface area contributed by atoms with Gasteiger partial charge in [0.05, 0.1) is 19.2 Å². The van der Waals surface area contributed by atoms with Crippen LogP contribution < -0.4 is 10.9 Å². The Labute approximate surface area is 178 Å². The number of aryl methyl sites for hydroxylation is 1. The number of fused-ring (bicyclic) bond motifs is 2. The lowest BCUT2D eigenvalue weighted by atomic mass is 9.61. The highest BCUT2D eigenvalue weighted by Gasteiger charge is 2.47. The zero-order valence-corrected chi connectivity index (χ0v) is 18.1. The monoisotopic (exact) mass is 433 g/mol. The first-order valence-electron chi connectivity index (χ1n) is 10.4. The normalized spacial score (nSPS) is 23.6. The van der Waals surface area contributed by atoms with E-state index in [1.54, 1.807) is 6.07 Å². The Morgan fingerprint density at radius 2 is 2.23 bits per heavy atom. The van der Waals surface area contributed by atoms with Gasteiger partial charge >= 0.3 is 5.97 Å². The number of ether oxygens (including phenoxy) is 1. The van der Waals surface area contributed by atoms with Gasteiger partial charge in [-0.3, -0.25) is 19.3 Å². The summed E-state index contributed by atoms with van der Waals surface area (Å²) in [6.07, 6.45) is 2.93. The van der Waals surface area contributed by atoms with E-state index in [2.05, 4.69) is 25.0 Å². The van der Waals surface area contributed by atoms with Gasteiger partial charge in [-0.2, -0.15) is 9.61 Å². The van der Waals surface area contributed by atoms with Gasteiger partial charge in [-0.25, -0.2) is 4.98 Å². The van der Waals surface area contributed by atoms with Gasteiger partial charge in [-0.05, 0) is 37.6 Å². The summed E-state index contributed by atoms with van der Waals surface area (Å²) < 4.78 is 5.98. The number of nitrogens with zero attached hydrogens (tertiary/aromatic N) is 4. The fourth-order valence-electron chi connectivity index (χ4n) is 4.47. The van der Waals surface area contributed by atoms with Crippen molar-refractivity contribution in [3.05, 3.63) is 27.1 Å². The molecule has 162 valence electrons. The zero-order valence-electron chi connectivity index (χ0n) is 17.3. The van der Waals surface area contributed by atoms with E-state index in [0.717, 1.165) is 43.1 Å². The molecule has 2 aromatic rings. The lowest BCUT2D eigenvalue weighted by molar-refractivity contribution is -0.141. The number of methoxy groups -OCH3 is 1. The van der Waals surface area contributed by atoms with Crippen LogP contribution in [-0.2, 0) is 27.3 Å². The smallest absolute Gasteiger partial charge is 0.307 e. The molecule has 10 heteroatoms. The number of amides is 1. The SMILES string of the molecule is CCc1nn2c(=O)cc(CN3CC[C@@H]4C[C@@H](C(=O)NCCC(=O)OC)[C@@H]4C3)nc2s1. The summed E-state index contributed by atoms with van der Waals surface area (Å²) in [6, 6.07) is 1.57. The Hall–Kier alpha value is -2.33. The topological polar surface area (TPSA) is 106 Å². The van der Waals surface area contributed by atoms with E-state index >= 15 is 0 Å². The van der Waals surface area contributed by atoms with Gasteiger partial charge in [0.1, 0.15) is 5.01 Å². The Kier molecular flexibility index (Phi) is 6.14. The molecule has 1 amide bonds. The van der Waals surface area contributed by atoms with Crippen molar-refractivity contribution < 1.29 is 14.3 Å². The quantitative estimate of drug-likeness (QED) is 0.645. The van der Waals surface area contributed by atoms with E-state index < -0.39 is 0 Å². The number of aromatic nitrogens is 3. The molecule has 1 aliphatic heterocycles. The maximum Gasteiger partial charge on any atom is 0.307 e. The van der Waals surface area contributed by atoms with Crippen LogP contribution in [-0.4, -0.2) is 58.1 Å². The zero-order chi connectivity index (χ0) is 21.3. The van der Waals surface area contributed by atoms with Crippen molar-refractivity contribution in [2.24, 2.45) is 17.8 Å². The summed E-state index contributed by atoms with van der Waals surface area (Å²) in [5, 5.41) is 8.05. The molecule has 30 heavy (non-hydrogen) atoms. The van der Waals surface area contributed by atoms with Gasteiger partial charge in [-0.15, -0.1) is 0 Å². The molecule has 1 aliphatic carbocycles. The molecule has 1 N–H and O–H groups in total. The highest BCUT2D eigenvalue weighted by atomic mass is 32.1. The number of carbonyl (C=O) groups is 2. The van der Waals surface area contributed by atoms with Crippen LogP contribution in [0.5, 0.6) is 0 Å². The second-order valence-electron chi connectivity index (χ2n) is 8.04. The molecule has 0 unspecified atom stereocenters. The predicted molar refractivity (Wildman–Crippen MR) is 111 cm³/mol. The first-order valence-corrected chi connectivity index (χ1v) is 11.3. The fraction of sp³-hybridized carbons (Fsp3) is 0.650. The third-order valence-corrected chi connectivity index (χ3v) is 7.24. The van der Waals surface area contributed by atoms with Crippen LogP contribution in [0, 0.1) is 17.8 Å². The first kappa shape index (κ1) is 20.9. The number of hydrogen-bond donors (Lipinski definition) is 1. The highest BCUT2D eigenvalue weighted by molar-refractivity contribution is 7.16. The van der Waals surface area contributed by atoms with Gasteiger partial charge in [0.15, 0.2) is 0 Å². The van der Waals surface area contributed by atoms with Gasteiger partial charge in [0.2, 0.25) is 10.9 Å². The van der Waals surface area contributed by atoms with E-state index in [4.69, 9.17) is 0 Å². The molecular formula is C20H27N5O4S. The minimum absolute atomic E-state index is 0.00915. The molecule has 0 spiro atoms. The van der Waals surface area contributed by atoms with Crippen molar-refractivity contribution in [2.75, 3.05) is 26.7 Å². The molecule has 4 rings (SSSR count). The van der Waals surface area contributed by atoms with E-state index in [0.29, 0.717) is 29.9 Å². The summed E-state index contributed by atoms with van der Waals surface area (Å²) in [7, 11) is 1.34. The van der Waals surface area contributed by atoms with E-state index in [9.17, 15) is 14.4 Å². The number of rotatable bonds is 7. The number of nitrogens with one attached hydrogen (secondary N) is 1. The molecule has 2 aliphatic rings. The maximum atomic E-state index is 12.5. The van der Waals surface area contributed by atoms with Crippen LogP contribution >= 0.6 is 11.3 Å². The molecule has 1 saturated carbocycles. The van der Waals surface area contributed by atoms with Crippen molar-refractivity contribution in [3.8, 4) is 0 Å². The average Bonchev–Trinajstić information content (AvgIpc) is 3.14. The largest absolute Gasteiger partial charge is 0.469 e. The minimum atomic E-state index is -0.321. The third-order valence-electron chi connectivity index (χ3n) is 6.18. The molecule has 0 bridgehead atoms. The molecule has 0 aromatic carbocycles. The summed E-state index contributed by atoms with van der Waals surface area (Å²) in [5.41, 5.74) is 0.607. The molecule has 3 atom stereocenters. The van der Waals surface area contributed by atoms with E-state index in [1.807, 2.05) is 6.92 Å². The minimum Gasteiger partial charge on any atom is -0.469 e. The van der Waals surface area contributed by atoms with Crippen LogP contribution in [0.4, 0.5) is 0 Å². The summed E-state index contributed by atoms with van der Waals surface area (Å²) in [5.74, 6) is 0.587. The number of likely N-dealkylation sites (tertiary alicyclic amines) is 1. The lowest BCUT2D eigenvalue weighted by Crippen LogP contribution is -2.55. The fourth-order valence-corrected chi connectivity index (χ4v) is 5.33. The molecule has 0 radical (unpaired) electrons. The van der Waals surface area contributed by atoms with Gasteiger partial charge in [-0.1, -0.05) is 18.3 Å². The Morgan fingerprint density at radius 3 is 3.00 bits per heavy atom. The van der Waals surface area contributed by atoms with Gasteiger partial charge < -0.3 is 10.1 Å². The average molecular weight is 434 g/mol. The summed E-state index contributed by atoms with van der Waals surface area (Å²) in [4.78, 5) is 43.6. The molecule has 3 heterocycles. The van der Waals surface area contributed by atoms with Gasteiger partial charge in [0, 0.05) is 31.6 Å². The second kappa shape index (κ2) is 8.81. The summed E-state index contributed by atoms with van der Waals surface area (Å²) >= 11 is 1.45. The van der Waals surface area contributed by atoms with Crippen molar-refractivity contribution in [1.82, 2.24) is 24.8 Å². The van der Waals surface area contributed by atoms with E-state index in [1.165, 1.54) is 23.0 Å². The third kappa shape index (κ3) is 4.24. The maximum absolute atomic E-state index is 12.5. The van der Waals surface area contributed by atoms with Crippen molar-refractivity contribution in [2.45, 2.75) is 39.2 Å². The number of esters is 1. The van der Waals surface area contributed by atoms with Crippen LogP contribution in [0.1, 0.15) is 36.9 Å². The Bertz CT molecular complexity index is 1000. The summed E-state index contributed by atoms with van der Waals surface area (Å²) in [6.45, 7) is 4.69. The van der Waals surface area contributed by atoms with Crippen molar-refractivity contribution in [3.63, 3.8) is 0 Å². The standard InChI is InChI=1S/C20H27N5O4S/c1-3-16-23-25-17(26)9-13(22-20(25)30-16)10-24-7-5-12-8-14(15(12)11-24)19(28)21-6-4-18(27)29-2/h9,12,14-15H,3-8,10-11H2,1-2H3,(H,21,28)/t12-,14-,15-/m1/s1. The van der Waals surface area contributed by atoms with Crippen LogP contribution in [0.25, 0.3) is 4.96 Å². The van der Waals surface area contributed by atoms with Crippen LogP contribution in [0.2, 0.25) is 0 Å². The molecule has 2 aromatic heterocycles. The molecule has 9 nitrogen and oxygen atoms in total. The Morgan fingerprint density at radius 1 is 1.40 bits per heavy atom. The number of hydrogen-bond acceptors (Lipinski definition) is 8. The molecule has 2 fully saturated rings. The molecular weight excluding hydrogens is 406 g/mol.